The largest absolute Gasteiger partial charge is 0.497 e. The molecule has 8 heteroatoms. The molecule has 3 aromatic rings. The van der Waals surface area contributed by atoms with Crippen molar-refractivity contribution in [2.45, 2.75) is 18.8 Å². The number of likely N-dealkylation sites (tertiary alicyclic amines) is 1. The molecule has 2 amide bonds. The SMILES string of the molecule is COc1ccc(-c2nc(C3CCN(C(=O)N(C)O)CC3)sc2-c2ccc(Cl)cc2)cc1. The molecule has 4 rings (SSSR count). The molecule has 1 aliphatic rings. The maximum atomic E-state index is 12.0. The first-order chi connectivity index (χ1) is 15.0. The third-order valence-electron chi connectivity index (χ3n) is 5.51. The highest BCUT2D eigenvalue weighted by molar-refractivity contribution is 7.15. The molecule has 2 aromatic carbocycles. The topological polar surface area (TPSA) is 65.9 Å². The maximum absolute atomic E-state index is 12.0. The van der Waals surface area contributed by atoms with Crippen LogP contribution >= 0.6 is 22.9 Å². The number of rotatable bonds is 4. The molecule has 1 fully saturated rings. The average molecular weight is 458 g/mol. The minimum absolute atomic E-state index is 0.274. The molecule has 0 bridgehead atoms. The van der Waals surface area contributed by atoms with Gasteiger partial charge < -0.3 is 9.64 Å². The van der Waals surface area contributed by atoms with Crippen LogP contribution in [0.25, 0.3) is 21.7 Å². The van der Waals surface area contributed by atoms with Gasteiger partial charge in [-0.2, -0.15) is 0 Å². The van der Waals surface area contributed by atoms with Gasteiger partial charge in [0.05, 0.1) is 22.7 Å². The van der Waals surface area contributed by atoms with E-state index < -0.39 is 0 Å². The lowest BCUT2D eigenvalue weighted by Crippen LogP contribution is -2.43. The Hall–Kier alpha value is -2.61. The summed E-state index contributed by atoms with van der Waals surface area (Å²) in [5.74, 6) is 1.08. The summed E-state index contributed by atoms with van der Waals surface area (Å²) < 4.78 is 5.29. The number of hydrogen-bond acceptors (Lipinski definition) is 5. The number of urea groups is 1. The number of hydroxylamine groups is 2. The van der Waals surface area contributed by atoms with E-state index >= 15 is 0 Å². The number of benzene rings is 2. The number of carbonyl (C=O) groups is 1. The molecule has 6 nitrogen and oxygen atoms in total. The fourth-order valence-corrected chi connectivity index (χ4v) is 5.16. The van der Waals surface area contributed by atoms with Crippen molar-refractivity contribution in [3.05, 3.63) is 58.6 Å². The van der Waals surface area contributed by atoms with E-state index in [9.17, 15) is 10.0 Å². The fraction of sp³-hybridized carbons (Fsp3) is 0.304. The van der Waals surface area contributed by atoms with Crippen LogP contribution in [-0.2, 0) is 0 Å². The monoisotopic (exact) mass is 457 g/mol. The zero-order valence-electron chi connectivity index (χ0n) is 17.4. The molecule has 2 heterocycles. The van der Waals surface area contributed by atoms with Crippen LogP contribution < -0.4 is 4.74 Å². The zero-order chi connectivity index (χ0) is 22.0. The summed E-state index contributed by atoms with van der Waals surface area (Å²) in [6.45, 7) is 1.20. The van der Waals surface area contributed by atoms with Crippen LogP contribution in [0.2, 0.25) is 5.02 Å². The van der Waals surface area contributed by atoms with E-state index in [2.05, 4.69) is 0 Å². The number of thiazole rings is 1. The van der Waals surface area contributed by atoms with Gasteiger partial charge in [0, 0.05) is 36.6 Å². The highest BCUT2D eigenvalue weighted by atomic mass is 35.5. The van der Waals surface area contributed by atoms with Gasteiger partial charge in [-0.25, -0.2) is 14.8 Å². The highest BCUT2D eigenvalue weighted by Crippen LogP contribution is 2.42. The van der Waals surface area contributed by atoms with Gasteiger partial charge in [0.1, 0.15) is 5.75 Å². The normalized spacial score (nSPS) is 14.5. The number of methoxy groups -OCH3 is 1. The first kappa shape index (κ1) is 21.6. The Labute approximate surface area is 190 Å². The minimum Gasteiger partial charge on any atom is -0.497 e. The molecule has 0 aliphatic carbocycles. The van der Waals surface area contributed by atoms with E-state index in [4.69, 9.17) is 21.3 Å². The van der Waals surface area contributed by atoms with Crippen molar-refractivity contribution in [3.63, 3.8) is 0 Å². The van der Waals surface area contributed by atoms with Crippen molar-refractivity contribution in [2.24, 2.45) is 0 Å². The van der Waals surface area contributed by atoms with E-state index in [-0.39, 0.29) is 11.9 Å². The van der Waals surface area contributed by atoms with Crippen molar-refractivity contribution in [1.29, 1.82) is 0 Å². The van der Waals surface area contributed by atoms with Gasteiger partial charge in [-0.1, -0.05) is 23.7 Å². The number of nitrogens with zero attached hydrogens (tertiary/aromatic N) is 3. The number of piperidine rings is 1. The first-order valence-electron chi connectivity index (χ1n) is 10.1. The number of amides is 2. The van der Waals surface area contributed by atoms with E-state index in [0.29, 0.717) is 23.2 Å². The molecule has 1 N–H and O–H groups in total. The molecule has 0 unspecified atom stereocenters. The smallest absolute Gasteiger partial charge is 0.343 e. The van der Waals surface area contributed by atoms with E-state index in [0.717, 1.165) is 45.3 Å². The van der Waals surface area contributed by atoms with Crippen molar-refractivity contribution in [3.8, 4) is 27.4 Å². The number of carbonyl (C=O) groups excluding carboxylic acids is 1. The summed E-state index contributed by atoms with van der Waals surface area (Å²) in [4.78, 5) is 19.8. The third kappa shape index (κ3) is 4.69. The van der Waals surface area contributed by atoms with Gasteiger partial charge in [0.15, 0.2) is 0 Å². The predicted molar refractivity (Wildman–Crippen MR) is 123 cm³/mol. The van der Waals surface area contributed by atoms with E-state index in [1.54, 1.807) is 23.3 Å². The van der Waals surface area contributed by atoms with Gasteiger partial charge in [0.25, 0.3) is 0 Å². The molecule has 1 saturated heterocycles. The Morgan fingerprint density at radius 3 is 2.32 bits per heavy atom. The van der Waals surface area contributed by atoms with Crippen LogP contribution in [0.5, 0.6) is 5.75 Å². The third-order valence-corrected chi connectivity index (χ3v) is 7.02. The molecule has 162 valence electrons. The average Bonchev–Trinajstić information content (AvgIpc) is 3.24. The lowest BCUT2D eigenvalue weighted by atomic mass is 9.97. The molecular formula is C23H24ClN3O3S. The summed E-state index contributed by atoms with van der Waals surface area (Å²) >= 11 is 7.80. The lowest BCUT2D eigenvalue weighted by Gasteiger charge is -2.32. The second kappa shape index (κ2) is 9.26. The summed E-state index contributed by atoms with van der Waals surface area (Å²) in [6, 6.07) is 15.4. The Morgan fingerprint density at radius 1 is 1.13 bits per heavy atom. The second-order valence-electron chi connectivity index (χ2n) is 7.53. The molecule has 0 atom stereocenters. The van der Waals surface area contributed by atoms with Gasteiger partial charge in [-0.05, 0) is 54.8 Å². The van der Waals surface area contributed by atoms with Crippen molar-refractivity contribution in [2.75, 3.05) is 27.2 Å². The molecule has 1 aliphatic heterocycles. The Morgan fingerprint density at radius 2 is 1.74 bits per heavy atom. The van der Waals surface area contributed by atoms with Crippen LogP contribution in [0.3, 0.4) is 0 Å². The predicted octanol–water partition coefficient (Wildman–Crippen LogP) is 5.76. The van der Waals surface area contributed by atoms with Crippen molar-refractivity contribution < 1.29 is 14.7 Å². The van der Waals surface area contributed by atoms with Crippen molar-refractivity contribution >= 4 is 29.0 Å². The van der Waals surface area contributed by atoms with Gasteiger partial charge in [0.2, 0.25) is 0 Å². The minimum atomic E-state index is -0.363. The Bertz CT molecular complexity index is 1040. The Kier molecular flexibility index (Phi) is 6.46. The number of ether oxygens (including phenoxy) is 1. The van der Waals surface area contributed by atoms with Crippen LogP contribution in [0, 0.1) is 0 Å². The lowest BCUT2D eigenvalue weighted by molar-refractivity contribution is -0.0356. The zero-order valence-corrected chi connectivity index (χ0v) is 19.0. The fourth-order valence-electron chi connectivity index (χ4n) is 3.78. The maximum Gasteiger partial charge on any atom is 0.343 e. The molecule has 31 heavy (non-hydrogen) atoms. The van der Waals surface area contributed by atoms with Crippen LogP contribution in [0.1, 0.15) is 23.8 Å². The molecule has 0 radical (unpaired) electrons. The number of halogens is 1. The van der Waals surface area contributed by atoms with Gasteiger partial charge in [-0.3, -0.25) is 5.21 Å². The van der Waals surface area contributed by atoms with Crippen LogP contribution in [0.15, 0.2) is 48.5 Å². The quantitative estimate of drug-likeness (QED) is 0.399. The van der Waals surface area contributed by atoms with Gasteiger partial charge in [-0.15, -0.1) is 11.3 Å². The molecule has 0 spiro atoms. The molecule has 1 aromatic heterocycles. The van der Waals surface area contributed by atoms with E-state index in [1.807, 2.05) is 48.5 Å². The first-order valence-corrected chi connectivity index (χ1v) is 11.3. The number of aromatic nitrogens is 1. The standard InChI is InChI=1S/C23H24ClN3O3S/c1-26(29)23(28)27-13-11-17(12-14-27)22-25-20(15-5-9-19(30-2)10-6-15)21(31-22)16-3-7-18(24)8-4-16/h3-10,17,29H,11-14H2,1-2H3. The van der Waals surface area contributed by atoms with Crippen molar-refractivity contribution in [1.82, 2.24) is 14.9 Å². The summed E-state index contributed by atoms with van der Waals surface area (Å²) in [6.07, 6.45) is 1.63. The number of hydrogen-bond donors (Lipinski definition) is 1. The van der Waals surface area contributed by atoms with E-state index in [1.165, 1.54) is 7.05 Å². The molecule has 0 saturated carbocycles. The van der Waals surface area contributed by atoms with Crippen LogP contribution in [-0.4, -0.2) is 53.4 Å². The molecular weight excluding hydrogens is 434 g/mol. The second-order valence-corrected chi connectivity index (χ2v) is 9.00. The summed E-state index contributed by atoms with van der Waals surface area (Å²) in [7, 11) is 3.01. The summed E-state index contributed by atoms with van der Waals surface area (Å²) in [5, 5.41) is 11.8. The van der Waals surface area contributed by atoms with Crippen LogP contribution in [0.4, 0.5) is 4.79 Å². The highest BCUT2D eigenvalue weighted by Gasteiger charge is 2.28. The van der Waals surface area contributed by atoms with Gasteiger partial charge >= 0.3 is 6.03 Å². The summed E-state index contributed by atoms with van der Waals surface area (Å²) in [5.41, 5.74) is 3.05. The Balaban J connectivity index is 1.65.